The number of nitrogens with one attached hydrogen (secondary N) is 2. The molecule has 8 nitrogen and oxygen atoms in total. The summed E-state index contributed by atoms with van der Waals surface area (Å²) in [5.74, 6) is 2.74. The Bertz CT molecular complexity index is 808. The summed E-state index contributed by atoms with van der Waals surface area (Å²) >= 11 is 0. The van der Waals surface area contributed by atoms with Crippen LogP contribution in [0.25, 0.3) is 11.5 Å². The summed E-state index contributed by atoms with van der Waals surface area (Å²) in [6, 6.07) is 8.12. The van der Waals surface area contributed by atoms with Crippen LogP contribution in [0.1, 0.15) is 44.0 Å². The van der Waals surface area contributed by atoms with Gasteiger partial charge in [0, 0.05) is 58.5 Å². The van der Waals surface area contributed by atoms with Gasteiger partial charge in [-0.15, -0.1) is 24.0 Å². The number of aromatic nitrogens is 2. The van der Waals surface area contributed by atoms with Crippen molar-refractivity contribution >= 4 is 29.9 Å². The van der Waals surface area contributed by atoms with Gasteiger partial charge in [0.1, 0.15) is 0 Å². The lowest BCUT2D eigenvalue weighted by molar-refractivity contribution is 0.0203. The highest BCUT2D eigenvalue weighted by atomic mass is 127. The molecular weight excluding hydrogens is 521 g/mol. The van der Waals surface area contributed by atoms with Gasteiger partial charge in [0.05, 0.1) is 0 Å². The molecule has 0 unspecified atom stereocenters. The van der Waals surface area contributed by atoms with Crippen LogP contribution in [0.4, 0.5) is 0 Å². The predicted octanol–water partition coefficient (Wildman–Crippen LogP) is 3.81. The topological polar surface area (TPSA) is 93.8 Å². The lowest BCUT2D eigenvalue weighted by atomic mass is 10.0. The molecule has 9 heteroatoms. The van der Waals surface area contributed by atoms with Crippen molar-refractivity contribution in [3.8, 4) is 11.5 Å². The lowest BCUT2D eigenvalue weighted by Gasteiger charge is -2.21. The van der Waals surface area contributed by atoms with Gasteiger partial charge in [-0.05, 0) is 49.3 Å². The van der Waals surface area contributed by atoms with E-state index in [0.717, 1.165) is 88.0 Å². The Balaban J connectivity index is 0.00000363. The van der Waals surface area contributed by atoms with Gasteiger partial charge < -0.3 is 24.6 Å². The molecular formula is C23H36IN5O3. The van der Waals surface area contributed by atoms with Crippen LogP contribution < -0.4 is 10.6 Å². The molecule has 1 aromatic heterocycles. The number of nitrogens with zero attached hydrogens (tertiary/aromatic N) is 3. The Morgan fingerprint density at radius 2 is 2.09 bits per heavy atom. The molecule has 1 aliphatic heterocycles. The van der Waals surface area contributed by atoms with Crippen LogP contribution in [0, 0.1) is 5.92 Å². The molecule has 0 saturated carbocycles. The summed E-state index contributed by atoms with van der Waals surface area (Å²) in [6.45, 7) is 6.91. The molecule has 1 aromatic carbocycles. The van der Waals surface area contributed by atoms with Crippen molar-refractivity contribution in [2.24, 2.45) is 10.9 Å². The molecule has 1 saturated heterocycles. The fourth-order valence-electron chi connectivity index (χ4n) is 3.46. The summed E-state index contributed by atoms with van der Waals surface area (Å²) in [6.07, 6.45) is 4.99. The van der Waals surface area contributed by atoms with E-state index in [-0.39, 0.29) is 24.0 Å². The Labute approximate surface area is 208 Å². The van der Waals surface area contributed by atoms with Crippen molar-refractivity contribution in [2.45, 2.75) is 45.6 Å². The van der Waals surface area contributed by atoms with Gasteiger partial charge in [0.15, 0.2) is 11.8 Å². The first-order chi connectivity index (χ1) is 15.3. The first-order valence-corrected chi connectivity index (χ1v) is 11.3. The molecule has 2 aromatic rings. The number of aliphatic imine (C=N–C) groups is 1. The molecule has 2 N–H and O–H groups in total. The zero-order valence-electron chi connectivity index (χ0n) is 19.1. The summed E-state index contributed by atoms with van der Waals surface area (Å²) in [4.78, 5) is 8.76. The second kappa shape index (κ2) is 15.2. The molecule has 0 atom stereocenters. The highest BCUT2D eigenvalue weighted by molar-refractivity contribution is 14.0. The van der Waals surface area contributed by atoms with Crippen molar-refractivity contribution in [3.63, 3.8) is 0 Å². The molecule has 2 heterocycles. The molecule has 32 heavy (non-hydrogen) atoms. The molecule has 1 aliphatic rings. The Morgan fingerprint density at radius 1 is 1.25 bits per heavy atom. The first-order valence-electron chi connectivity index (χ1n) is 11.3. The fraction of sp³-hybridized carbons (Fsp3) is 0.609. The van der Waals surface area contributed by atoms with Gasteiger partial charge in [0.2, 0.25) is 0 Å². The molecule has 3 rings (SSSR count). The Morgan fingerprint density at radius 3 is 2.88 bits per heavy atom. The molecule has 0 spiro atoms. The van der Waals surface area contributed by atoms with Crippen LogP contribution in [-0.2, 0) is 22.4 Å². The minimum Gasteiger partial charge on any atom is -0.381 e. The smallest absolute Gasteiger partial charge is 0.257 e. The number of halogens is 1. The predicted molar refractivity (Wildman–Crippen MR) is 136 cm³/mol. The number of aryl methyl sites for hydroxylation is 1. The summed E-state index contributed by atoms with van der Waals surface area (Å²) in [5, 5.41) is 10.7. The first kappa shape index (κ1) is 26.5. The average molecular weight is 557 g/mol. The minimum atomic E-state index is 0. The highest BCUT2D eigenvalue weighted by Gasteiger charge is 2.13. The fourth-order valence-corrected chi connectivity index (χ4v) is 3.46. The second-order valence-corrected chi connectivity index (χ2v) is 7.80. The van der Waals surface area contributed by atoms with E-state index >= 15 is 0 Å². The third-order valence-electron chi connectivity index (χ3n) is 5.25. The van der Waals surface area contributed by atoms with Gasteiger partial charge in [-0.25, -0.2) is 0 Å². The van der Waals surface area contributed by atoms with Crippen molar-refractivity contribution in [3.05, 3.63) is 35.7 Å². The molecule has 0 amide bonds. The molecule has 0 radical (unpaired) electrons. The summed E-state index contributed by atoms with van der Waals surface area (Å²) in [5.41, 5.74) is 2.05. The van der Waals surface area contributed by atoms with E-state index in [2.05, 4.69) is 44.8 Å². The maximum absolute atomic E-state index is 5.81. The van der Waals surface area contributed by atoms with Gasteiger partial charge in [-0.2, -0.15) is 4.98 Å². The third kappa shape index (κ3) is 9.03. The van der Waals surface area contributed by atoms with Crippen molar-refractivity contribution in [2.75, 3.05) is 40.0 Å². The van der Waals surface area contributed by atoms with Gasteiger partial charge in [-0.3, -0.25) is 4.99 Å². The highest BCUT2D eigenvalue weighted by Crippen LogP contribution is 2.19. The Kier molecular flexibility index (Phi) is 12.6. The third-order valence-corrected chi connectivity index (χ3v) is 5.25. The van der Waals surface area contributed by atoms with Crippen LogP contribution in [-0.4, -0.2) is 56.1 Å². The quantitative estimate of drug-likeness (QED) is 0.188. The number of hydrogen-bond acceptors (Lipinski definition) is 6. The van der Waals surface area contributed by atoms with E-state index in [0.29, 0.717) is 18.4 Å². The number of ether oxygens (including phenoxy) is 2. The molecule has 178 valence electrons. The Hall–Kier alpha value is -1.72. The van der Waals surface area contributed by atoms with Crippen LogP contribution in [0.5, 0.6) is 0 Å². The standard InChI is InChI=1S/C23H35N5O3.HI/c1-3-6-21-27-22(31-28-21)20-8-4-7-19(15-20)16-26-23(24-2)25-11-5-12-30-17-18-9-13-29-14-10-18;/h4,7-8,15,18H,3,5-6,9-14,16-17H2,1-2H3,(H2,24,25,26);1H. The van der Waals surface area contributed by atoms with Crippen LogP contribution in [0.2, 0.25) is 0 Å². The largest absolute Gasteiger partial charge is 0.381 e. The van der Waals surface area contributed by atoms with E-state index in [1.165, 1.54) is 0 Å². The van der Waals surface area contributed by atoms with E-state index in [1.807, 2.05) is 12.1 Å². The average Bonchev–Trinajstić information content (AvgIpc) is 3.28. The zero-order valence-corrected chi connectivity index (χ0v) is 21.5. The van der Waals surface area contributed by atoms with Gasteiger partial charge >= 0.3 is 0 Å². The van der Waals surface area contributed by atoms with E-state index in [9.17, 15) is 0 Å². The summed E-state index contributed by atoms with van der Waals surface area (Å²) in [7, 11) is 1.78. The van der Waals surface area contributed by atoms with E-state index in [4.69, 9.17) is 14.0 Å². The molecule has 0 aliphatic carbocycles. The van der Waals surface area contributed by atoms with Gasteiger partial charge in [0.25, 0.3) is 5.89 Å². The number of rotatable bonds is 11. The number of benzene rings is 1. The normalized spacial score (nSPS) is 14.8. The maximum Gasteiger partial charge on any atom is 0.257 e. The maximum atomic E-state index is 5.81. The van der Waals surface area contributed by atoms with E-state index < -0.39 is 0 Å². The molecule has 1 fully saturated rings. The summed E-state index contributed by atoms with van der Waals surface area (Å²) < 4.78 is 16.6. The minimum absolute atomic E-state index is 0. The van der Waals surface area contributed by atoms with Crippen molar-refractivity contribution in [1.29, 1.82) is 0 Å². The van der Waals surface area contributed by atoms with E-state index in [1.54, 1.807) is 7.05 Å². The SMILES string of the molecule is CCCc1noc(-c2cccc(CNC(=NC)NCCCOCC3CCOCC3)c2)n1.I. The monoisotopic (exact) mass is 557 g/mol. The van der Waals surface area contributed by atoms with Crippen molar-refractivity contribution in [1.82, 2.24) is 20.8 Å². The number of hydrogen-bond donors (Lipinski definition) is 2. The molecule has 0 bridgehead atoms. The van der Waals surface area contributed by atoms with Crippen molar-refractivity contribution < 1.29 is 14.0 Å². The lowest BCUT2D eigenvalue weighted by Crippen LogP contribution is -2.37. The number of guanidine groups is 1. The van der Waals surface area contributed by atoms with Crippen LogP contribution in [0.3, 0.4) is 0 Å². The second-order valence-electron chi connectivity index (χ2n) is 7.80. The van der Waals surface area contributed by atoms with Gasteiger partial charge in [-0.1, -0.05) is 24.2 Å². The van der Waals surface area contributed by atoms with Crippen LogP contribution in [0.15, 0.2) is 33.8 Å². The van der Waals surface area contributed by atoms with Crippen LogP contribution >= 0.6 is 24.0 Å². The zero-order chi connectivity index (χ0) is 21.7.